The molecule has 0 radical (unpaired) electrons. The number of nitrogens with zero attached hydrogens (tertiary/aromatic N) is 3. The summed E-state index contributed by atoms with van der Waals surface area (Å²) in [6, 6.07) is 11.0. The first-order chi connectivity index (χ1) is 12.0. The maximum Gasteiger partial charge on any atom is 0.337 e. The molecular formula is C18H19N3O4. The summed E-state index contributed by atoms with van der Waals surface area (Å²) >= 11 is 0. The Morgan fingerprint density at radius 1 is 0.920 bits per heavy atom. The molecule has 0 aliphatic heterocycles. The van der Waals surface area contributed by atoms with Crippen LogP contribution in [0.1, 0.15) is 34.6 Å². The lowest BCUT2D eigenvalue weighted by molar-refractivity contribution is 0.0682. The summed E-state index contributed by atoms with van der Waals surface area (Å²) in [4.78, 5) is 24.5. The monoisotopic (exact) mass is 341 g/mol. The van der Waals surface area contributed by atoms with Crippen molar-refractivity contribution in [2.75, 3.05) is 18.0 Å². The maximum atomic E-state index is 11.2. The van der Waals surface area contributed by atoms with E-state index < -0.39 is 11.9 Å². The van der Waals surface area contributed by atoms with Gasteiger partial charge in [0.1, 0.15) is 5.69 Å². The van der Waals surface area contributed by atoms with E-state index in [1.807, 2.05) is 12.1 Å². The highest BCUT2D eigenvalue weighted by Crippen LogP contribution is 2.25. The minimum Gasteiger partial charge on any atom is -0.478 e. The second-order valence-corrected chi connectivity index (χ2v) is 5.23. The lowest BCUT2D eigenvalue weighted by atomic mass is 10.1. The lowest BCUT2D eigenvalue weighted by Gasteiger charge is -2.20. The zero-order valence-corrected chi connectivity index (χ0v) is 14.0. The van der Waals surface area contributed by atoms with Gasteiger partial charge in [0.15, 0.2) is 0 Å². The van der Waals surface area contributed by atoms with Gasteiger partial charge in [-0.3, -0.25) is 0 Å². The van der Waals surface area contributed by atoms with E-state index in [0.29, 0.717) is 5.69 Å². The average molecular weight is 341 g/mol. The van der Waals surface area contributed by atoms with Crippen molar-refractivity contribution in [3.05, 3.63) is 53.6 Å². The average Bonchev–Trinajstić information content (AvgIpc) is 2.61. The van der Waals surface area contributed by atoms with Crippen LogP contribution in [0.4, 0.5) is 17.1 Å². The summed E-state index contributed by atoms with van der Waals surface area (Å²) in [6.07, 6.45) is 0. The van der Waals surface area contributed by atoms with Crippen LogP contribution in [0.2, 0.25) is 0 Å². The van der Waals surface area contributed by atoms with E-state index in [4.69, 9.17) is 5.11 Å². The molecular weight excluding hydrogens is 322 g/mol. The van der Waals surface area contributed by atoms with Crippen molar-refractivity contribution in [2.45, 2.75) is 13.8 Å². The number of hydrogen-bond acceptors (Lipinski definition) is 5. The van der Waals surface area contributed by atoms with Crippen LogP contribution >= 0.6 is 0 Å². The van der Waals surface area contributed by atoms with Gasteiger partial charge >= 0.3 is 11.9 Å². The van der Waals surface area contributed by atoms with E-state index >= 15 is 0 Å². The second kappa shape index (κ2) is 8.05. The molecule has 0 aliphatic carbocycles. The summed E-state index contributed by atoms with van der Waals surface area (Å²) in [6.45, 7) is 5.92. The number of anilines is 1. The molecule has 0 heterocycles. The van der Waals surface area contributed by atoms with Crippen molar-refractivity contribution in [3.8, 4) is 0 Å². The van der Waals surface area contributed by atoms with Crippen LogP contribution in [0.15, 0.2) is 52.7 Å². The number of aromatic carboxylic acids is 2. The standard InChI is InChI=1S/C18H19N3O4/c1-3-21(4-2)14-8-6-13(7-9-14)19-20-16-11-12(17(22)23)5-10-15(16)18(24)25/h5-11H,3-4H2,1-2H3,(H,22,23)(H,24,25). The highest BCUT2D eigenvalue weighted by atomic mass is 16.4. The van der Waals surface area contributed by atoms with Crippen molar-refractivity contribution in [2.24, 2.45) is 10.2 Å². The Labute approximate surface area is 145 Å². The summed E-state index contributed by atoms with van der Waals surface area (Å²) in [7, 11) is 0. The minimum absolute atomic E-state index is 0.000203. The summed E-state index contributed by atoms with van der Waals surface area (Å²) in [5, 5.41) is 26.2. The quantitative estimate of drug-likeness (QED) is 0.729. The third-order valence-electron chi connectivity index (χ3n) is 3.73. The first-order valence-electron chi connectivity index (χ1n) is 7.83. The molecule has 0 saturated carbocycles. The maximum absolute atomic E-state index is 11.2. The van der Waals surface area contributed by atoms with Gasteiger partial charge in [0, 0.05) is 18.8 Å². The van der Waals surface area contributed by atoms with E-state index in [1.165, 1.54) is 18.2 Å². The molecule has 25 heavy (non-hydrogen) atoms. The van der Waals surface area contributed by atoms with Crippen molar-refractivity contribution in [1.82, 2.24) is 0 Å². The Morgan fingerprint density at radius 2 is 1.56 bits per heavy atom. The van der Waals surface area contributed by atoms with Crippen LogP contribution in [0, 0.1) is 0 Å². The summed E-state index contributed by atoms with van der Waals surface area (Å²) in [5.74, 6) is -2.35. The van der Waals surface area contributed by atoms with E-state index in [1.54, 1.807) is 12.1 Å². The molecule has 0 fully saturated rings. The van der Waals surface area contributed by atoms with Gasteiger partial charge in [-0.2, -0.15) is 5.11 Å². The Balaban J connectivity index is 2.30. The Bertz CT molecular complexity index is 796. The lowest BCUT2D eigenvalue weighted by Crippen LogP contribution is -2.21. The molecule has 7 heteroatoms. The normalized spacial score (nSPS) is 10.8. The number of azo groups is 1. The molecule has 2 N–H and O–H groups in total. The topological polar surface area (TPSA) is 103 Å². The fourth-order valence-corrected chi connectivity index (χ4v) is 2.36. The highest BCUT2D eigenvalue weighted by molar-refractivity contribution is 5.96. The van der Waals surface area contributed by atoms with Crippen LogP contribution < -0.4 is 4.90 Å². The van der Waals surface area contributed by atoms with Crippen molar-refractivity contribution in [3.63, 3.8) is 0 Å². The van der Waals surface area contributed by atoms with Crippen molar-refractivity contribution < 1.29 is 19.8 Å². The van der Waals surface area contributed by atoms with Gasteiger partial charge < -0.3 is 15.1 Å². The molecule has 0 spiro atoms. The molecule has 0 aliphatic rings. The smallest absolute Gasteiger partial charge is 0.337 e. The van der Waals surface area contributed by atoms with Crippen LogP contribution in [0.5, 0.6) is 0 Å². The molecule has 0 atom stereocenters. The molecule has 0 saturated heterocycles. The molecule has 2 aromatic rings. The number of carboxylic acids is 2. The Morgan fingerprint density at radius 3 is 2.08 bits per heavy atom. The van der Waals surface area contributed by atoms with Crippen LogP contribution in [-0.2, 0) is 0 Å². The SMILES string of the molecule is CCN(CC)c1ccc(N=Nc2cc(C(=O)O)ccc2C(=O)O)cc1. The number of rotatable bonds is 7. The number of carboxylic acid groups (broad SMARTS) is 2. The third kappa shape index (κ3) is 4.41. The molecule has 7 nitrogen and oxygen atoms in total. The van der Waals surface area contributed by atoms with Gasteiger partial charge in [-0.25, -0.2) is 9.59 Å². The fraction of sp³-hybridized carbons (Fsp3) is 0.222. The van der Waals surface area contributed by atoms with Gasteiger partial charge in [0.2, 0.25) is 0 Å². The van der Waals surface area contributed by atoms with Crippen LogP contribution in [0.25, 0.3) is 0 Å². The largest absolute Gasteiger partial charge is 0.478 e. The fourth-order valence-electron chi connectivity index (χ4n) is 2.36. The Kier molecular flexibility index (Phi) is 5.84. The van der Waals surface area contributed by atoms with Crippen LogP contribution in [-0.4, -0.2) is 35.2 Å². The zero-order valence-electron chi connectivity index (χ0n) is 14.0. The van der Waals surface area contributed by atoms with Crippen molar-refractivity contribution >= 4 is 29.0 Å². The predicted octanol–water partition coefficient (Wildman–Crippen LogP) is 4.34. The number of carbonyl (C=O) groups is 2. The number of hydrogen-bond donors (Lipinski definition) is 2. The van der Waals surface area contributed by atoms with Gasteiger partial charge in [0.05, 0.1) is 16.8 Å². The van der Waals surface area contributed by atoms with Gasteiger partial charge in [-0.15, -0.1) is 5.11 Å². The minimum atomic E-state index is -1.19. The molecule has 0 bridgehead atoms. The van der Waals surface area contributed by atoms with Crippen molar-refractivity contribution in [1.29, 1.82) is 0 Å². The molecule has 2 aromatic carbocycles. The molecule has 0 amide bonds. The predicted molar refractivity (Wildman–Crippen MR) is 94.5 cm³/mol. The van der Waals surface area contributed by atoms with E-state index in [2.05, 4.69) is 29.0 Å². The van der Waals surface area contributed by atoms with E-state index in [9.17, 15) is 14.7 Å². The number of benzene rings is 2. The van der Waals surface area contributed by atoms with E-state index in [-0.39, 0.29) is 16.8 Å². The third-order valence-corrected chi connectivity index (χ3v) is 3.73. The first-order valence-corrected chi connectivity index (χ1v) is 7.83. The zero-order chi connectivity index (χ0) is 18.4. The molecule has 0 aromatic heterocycles. The van der Waals surface area contributed by atoms with Gasteiger partial charge in [-0.1, -0.05) is 0 Å². The first kappa shape index (κ1) is 18.1. The van der Waals surface area contributed by atoms with E-state index in [0.717, 1.165) is 18.8 Å². The summed E-state index contributed by atoms with van der Waals surface area (Å²) in [5.41, 5.74) is 1.46. The van der Waals surface area contributed by atoms with Gasteiger partial charge in [-0.05, 0) is 56.3 Å². The van der Waals surface area contributed by atoms with Crippen LogP contribution in [0.3, 0.4) is 0 Å². The summed E-state index contributed by atoms with van der Waals surface area (Å²) < 4.78 is 0. The molecule has 0 unspecified atom stereocenters. The van der Waals surface area contributed by atoms with Gasteiger partial charge in [0.25, 0.3) is 0 Å². The second-order valence-electron chi connectivity index (χ2n) is 5.23. The molecule has 2 rings (SSSR count). The Hall–Kier alpha value is -3.22. The molecule has 130 valence electrons. The highest BCUT2D eigenvalue weighted by Gasteiger charge is 2.13.